The van der Waals surface area contributed by atoms with Gasteiger partial charge in [-0.3, -0.25) is 0 Å². The SMILES string of the molecule is C=CCc1ccccc1OCCn1cnc2cc(C)c(C)cc21. The van der Waals surface area contributed by atoms with Crippen LogP contribution >= 0.6 is 0 Å². The minimum atomic E-state index is 0.618. The van der Waals surface area contributed by atoms with Crippen molar-refractivity contribution < 1.29 is 4.74 Å². The number of ether oxygens (including phenoxy) is 1. The lowest BCUT2D eigenvalue weighted by Crippen LogP contribution is -2.08. The standard InChI is InChI=1S/C20H22N2O/c1-4-7-17-8-5-6-9-20(17)23-11-10-22-14-21-18-12-15(2)16(3)13-19(18)22/h4-6,8-9,12-14H,1,7,10-11H2,2-3H3. The van der Waals surface area contributed by atoms with Crippen molar-refractivity contribution >= 4 is 11.0 Å². The number of fused-ring (bicyclic) bond motifs is 1. The van der Waals surface area contributed by atoms with E-state index in [0.29, 0.717) is 6.61 Å². The molecule has 0 spiro atoms. The van der Waals surface area contributed by atoms with Crippen molar-refractivity contribution in [3.05, 3.63) is 72.1 Å². The van der Waals surface area contributed by atoms with Gasteiger partial charge in [-0.2, -0.15) is 0 Å². The molecule has 118 valence electrons. The maximum atomic E-state index is 5.97. The predicted octanol–water partition coefficient (Wildman–Crippen LogP) is 4.46. The molecule has 1 aromatic heterocycles. The van der Waals surface area contributed by atoms with Gasteiger partial charge in [-0.25, -0.2) is 4.98 Å². The van der Waals surface area contributed by atoms with Crippen LogP contribution in [0.1, 0.15) is 16.7 Å². The Hall–Kier alpha value is -2.55. The molecule has 0 atom stereocenters. The molecular weight excluding hydrogens is 284 g/mol. The molecule has 3 nitrogen and oxygen atoms in total. The second kappa shape index (κ2) is 6.69. The fraction of sp³-hybridized carbons (Fsp3) is 0.250. The van der Waals surface area contributed by atoms with Crippen LogP contribution in [0.3, 0.4) is 0 Å². The molecule has 23 heavy (non-hydrogen) atoms. The number of para-hydroxylation sites is 1. The molecule has 0 radical (unpaired) electrons. The third-order valence-corrected chi connectivity index (χ3v) is 4.16. The fourth-order valence-corrected chi connectivity index (χ4v) is 2.71. The van der Waals surface area contributed by atoms with E-state index in [0.717, 1.165) is 29.7 Å². The minimum Gasteiger partial charge on any atom is -0.491 e. The average molecular weight is 306 g/mol. The number of hydrogen-bond acceptors (Lipinski definition) is 2. The van der Waals surface area contributed by atoms with Gasteiger partial charge in [-0.05, 0) is 55.2 Å². The third kappa shape index (κ3) is 3.29. The maximum absolute atomic E-state index is 5.97. The van der Waals surface area contributed by atoms with Crippen LogP contribution in [0.2, 0.25) is 0 Å². The number of hydrogen-bond donors (Lipinski definition) is 0. The van der Waals surface area contributed by atoms with E-state index in [1.165, 1.54) is 16.7 Å². The van der Waals surface area contributed by atoms with Gasteiger partial charge in [0.15, 0.2) is 0 Å². The molecule has 3 aromatic rings. The van der Waals surface area contributed by atoms with Gasteiger partial charge in [0.25, 0.3) is 0 Å². The van der Waals surface area contributed by atoms with E-state index in [2.05, 4.69) is 48.2 Å². The summed E-state index contributed by atoms with van der Waals surface area (Å²) in [5.74, 6) is 0.934. The molecule has 0 N–H and O–H groups in total. The van der Waals surface area contributed by atoms with Gasteiger partial charge in [0.2, 0.25) is 0 Å². The summed E-state index contributed by atoms with van der Waals surface area (Å²) in [6, 6.07) is 12.5. The normalized spacial score (nSPS) is 10.9. The summed E-state index contributed by atoms with van der Waals surface area (Å²) in [7, 11) is 0. The second-order valence-electron chi connectivity index (χ2n) is 5.81. The van der Waals surface area contributed by atoms with E-state index in [-0.39, 0.29) is 0 Å². The van der Waals surface area contributed by atoms with Crippen molar-refractivity contribution in [2.45, 2.75) is 26.8 Å². The molecule has 0 bridgehead atoms. The monoisotopic (exact) mass is 306 g/mol. The zero-order valence-corrected chi connectivity index (χ0v) is 13.7. The highest BCUT2D eigenvalue weighted by atomic mass is 16.5. The first-order chi connectivity index (χ1) is 11.2. The first-order valence-corrected chi connectivity index (χ1v) is 7.92. The summed E-state index contributed by atoms with van der Waals surface area (Å²) in [4.78, 5) is 4.49. The summed E-state index contributed by atoms with van der Waals surface area (Å²) in [6.07, 6.45) is 4.61. The molecule has 0 aliphatic carbocycles. The molecule has 3 heteroatoms. The Balaban J connectivity index is 1.72. The van der Waals surface area contributed by atoms with Crippen LogP contribution in [0.4, 0.5) is 0 Å². The van der Waals surface area contributed by atoms with Gasteiger partial charge in [-0.1, -0.05) is 24.3 Å². The molecule has 0 amide bonds. The summed E-state index contributed by atoms with van der Waals surface area (Å²) >= 11 is 0. The molecule has 1 heterocycles. The highest BCUT2D eigenvalue weighted by Crippen LogP contribution is 2.20. The summed E-state index contributed by atoms with van der Waals surface area (Å²) in [5.41, 5.74) is 5.94. The van der Waals surface area contributed by atoms with Crippen LogP contribution in [0.25, 0.3) is 11.0 Å². The summed E-state index contributed by atoms with van der Waals surface area (Å²) in [5, 5.41) is 0. The van der Waals surface area contributed by atoms with Crippen molar-refractivity contribution in [3.8, 4) is 5.75 Å². The van der Waals surface area contributed by atoms with Crippen LogP contribution < -0.4 is 4.74 Å². The second-order valence-corrected chi connectivity index (χ2v) is 5.81. The van der Waals surface area contributed by atoms with Crippen LogP contribution in [0.15, 0.2) is 55.4 Å². The first-order valence-electron chi connectivity index (χ1n) is 7.92. The molecule has 0 aliphatic heterocycles. The number of benzene rings is 2. The van der Waals surface area contributed by atoms with E-state index in [1.54, 1.807) is 0 Å². The molecular formula is C20H22N2O. The predicted molar refractivity (Wildman–Crippen MR) is 95.0 cm³/mol. The molecule has 0 fully saturated rings. The van der Waals surface area contributed by atoms with E-state index < -0.39 is 0 Å². The van der Waals surface area contributed by atoms with Gasteiger partial charge >= 0.3 is 0 Å². The molecule has 0 aliphatic rings. The maximum Gasteiger partial charge on any atom is 0.122 e. The minimum absolute atomic E-state index is 0.618. The van der Waals surface area contributed by atoms with Crippen molar-refractivity contribution in [2.24, 2.45) is 0 Å². The Morgan fingerprint density at radius 3 is 2.78 bits per heavy atom. The van der Waals surface area contributed by atoms with E-state index >= 15 is 0 Å². The quantitative estimate of drug-likeness (QED) is 0.629. The van der Waals surface area contributed by atoms with Gasteiger partial charge in [0.1, 0.15) is 12.4 Å². The van der Waals surface area contributed by atoms with Crippen LogP contribution in [-0.2, 0) is 13.0 Å². The van der Waals surface area contributed by atoms with Crippen LogP contribution in [0.5, 0.6) is 5.75 Å². The largest absolute Gasteiger partial charge is 0.491 e. The summed E-state index contributed by atoms with van der Waals surface area (Å²) < 4.78 is 8.12. The zero-order valence-electron chi connectivity index (χ0n) is 13.7. The molecule has 2 aromatic carbocycles. The first kappa shape index (κ1) is 15.3. The number of aryl methyl sites for hydroxylation is 2. The third-order valence-electron chi connectivity index (χ3n) is 4.16. The Morgan fingerprint density at radius 2 is 1.96 bits per heavy atom. The van der Waals surface area contributed by atoms with Gasteiger partial charge in [-0.15, -0.1) is 6.58 Å². The molecule has 0 unspecified atom stereocenters. The number of allylic oxidation sites excluding steroid dienone is 1. The topological polar surface area (TPSA) is 27.1 Å². The van der Waals surface area contributed by atoms with Crippen molar-refractivity contribution in [3.63, 3.8) is 0 Å². The van der Waals surface area contributed by atoms with Gasteiger partial charge < -0.3 is 9.30 Å². The van der Waals surface area contributed by atoms with Crippen LogP contribution in [0, 0.1) is 13.8 Å². The Bertz CT molecular complexity index is 833. The Kier molecular flexibility index (Phi) is 4.47. The molecule has 0 saturated heterocycles. The van der Waals surface area contributed by atoms with Gasteiger partial charge in [0.05, 0.1) is 23.9 Å². The van der Waals surface area contributed by atoms with Gasteiger partial charge in [0, 0.05) is 0 Å². The van der Waals surface area contributed by atoms with Crippen molar-refractivity contribution in [1.29, 1.82) is 0 Å². The van der Waals surface area contributed by atoms with Crippen molar-refractivity contribution in [1.82, 2.24) is 9.55 Å². The fourth-order valence-electron chi connectivity index (χ4n) is 2.71. The van der Waals surface area contributed by atoms with E-state index in [4.69, 9.17) is 4.74 Å². The smallest absolute Gasteiger partial charge is 0.122 e. The molecule has 3 rings (SSSR count). The zero-order chi connectivity index (χ0) is 16.2. The molecule has 0 saturated carbocycles. The number of nitrogens with zero attached hydrogens (tertiary/aromatic N) is 2. The van der Waals surface area contributed by atoms with Crippen LogP contribution in [-0.4, -0.2) is 16.2 Å². The lowest BCUT2D eigenvalue weighted by Gasteiger charge is -2.11. The highest BCUT2D eigenvalue weighted by molar-refractivity contribution is 5.77. The number of aromatic nitrogens is 2. The lowest BCUT2D eigenvalue weighted by molar-refractivity contribution is 0.297. The average Bonchev–Trinajstić information content (AvgIpc) is 2.92. The number of imidazole rings is 1. The number of rotatable bonds is 6. The Labute approximate surface area is 137 Å². The Morgan fingerprint density at radius 1 is 1.17 bits per heavy atom. The van der Waals surface area contributed by atoms with E-state index in [9.17, 15) is 0 Å². The highest BCUT2D eigenvalue weighted by Gasteiger charge is 2.06. The van der Waals surface area contributed by atoms with E-state index in [1.807, 2.05) is 30.6 Å². The lowest BCUT2D eigenvalue weighted by atomic mass is 10.1. The summed E-state index contributed by atoms with van der Waals surface area (Å²) in [6.45, 7) is 9.45. The van der Waals surface area contributed by atoms with Crippen molar-refractivity contribution in [2.75, 3.05) is 6.61 Å².